The molecule has 1 aromatic rings. The fraction of sp³-hybridized carbons (Fsp3) is 0.417. The Labute approximate surface area is 105 Å². The zero-order valence-electron chi connectivity index (χ0n) is 9.40. The maximum absolute atomic E-state index is 11.4. The second-order valence-corrected chi connectivity index (χ2v) is 4.62. The van der Waals surface area contributed by atoms with Crippen molar-refractivity contribution in [3.8, 4) is 0 Å². The molecular formula is C12H15ClN2O2. The summed E-state index contributed by atoms with van der Waals surface area (Å²) in [6, 6.07) is 4.98. The lowest BCUT2D eigenvalue weighted by Gasteiger charge is -2.26. The summed E-state index contributed by atoms with van der Waals surface area (Å²) in [5, 5.41) is 9.90. The average Bonchev–Trinajstić information content (AvgIpc) is 2.77. The van der Waals surface area contributed by atoms with Crippen LogP contribution in [-0.2, 0) is 11.4 Å². The van der Waals surface area contributed by atoms with Gasteiger partial charge < -0.3 is 15.7 Å². The van der Waals surface area contributed by atoms with E-state index in [4.69, 9.17) is 17.3 Å². The predicted octanol–water partition coefficient (Wildman–Crippen LogP) is 1.29. The first kappa shape index (κ1) is 12.2. The molecule has 1 atom stereocenters. The van der Waals surface area contributed by atoms with Crippen LogP contribution in [0.1, 0.15) is 18.4 Å². The molecule has 1 fully saturated rings. The molecule has 1 unspecified atom stereocenters. The SMILES string of the molecule is NC(=O)C1CCCN1c1cc(Cl)ccc1CO. The standard InChI is InChI=1S/C12H15ClN2O2/c13-9-4-3-8(7-16)11(6-9)15-5-1-2-10(15)12(14)17/h3-4,6,10,16H,1-2,5,7H2,(H2,14,17). The van der Waals surface area contributed by atoms with E-state index in [1.54, 1.807) is 18.2 Å². The van der Waals surface area contributed by atoms with Gasteiger partial charge in [0.05, 0.1) is 6.61 Å². The van der Waals surface area contributed by atoms with Crippen molar-refractivity contribution in [2.45, 2.75) is 25.5 Å². The van der Waals surface area contributed by atoms with Crippen molar-refractivity contribution in [2.75, 3.05) is 11.4 Å². The number of anilines is 1. The van der Waals surface area contributed by atoms with Crippen molar-refractivity contribution in [1.82, 2.24) is 0 Å². The Balaban J connectivity index is 2.38. The van der Waals surface area contributed by atoms with Crippen LogP contribution in [0.3, 0.4) is 0 Å². The molecule has 0 aliphatic carbocycles. The van der Waals surface area contributed by atoms with Crippen LogP contribution in [0.2, 0.25) is 5.02 Å². The minimum atomic E-state index is -0.327. The first-order chi connectivity index (χ1) is 8.13. The number of aliphatic hydroxyl groups is 1. The van der Waals surface area contributed by atoms with Crippen LogP contribution in [0.4, 0.5) is 5.69 Å². The number of halogens is 1. The maximum atomic E-state index is 11.4. The van der Waals surface area contributed by atoms with Gasteiger partial charge in [0.25, 0.3) is 0 Å². The lowest BCUT2D eigenvalue weighted by atomic mass is 10.1. The number of nitrogens with two attached hydrogens (primary N) is 1. The quantitative estimate of drug-likeness (QED) is 0.854. The zero-order chi connectivity index (χ0) is 12.4. The number of rotatable bonds is 3. The molecule has 17 heavy (non-hydrogen) atoms. The van der Waals surface area contributed by atoms with Gasteiger partial charge in [-0.2, -0.15) is 0 Å². The third-order valence-corrected chi connectivity index (χ3v) is 3.34. The fourth-order valence-corrected chi connectivity index (χ4v) is 2.46. The van der Waals surface area contributed by atoms with Crippen molar-refractivity contribution in [3.63, 3.8) is 0 Å². The van der Waals surface area contributed by atoms with Gasteiger partial charge >= 0.3 is 0 Å². The smallest absolute Gasteiger partial charge is 0.240 e. The molecule has 0 radical (unpaired) electrons. The number of benzene rings is 1. The van der Waals surface area contributed by atoms with Crippen LogP contribution in [0, 0.1) is 0 Å². The van der Waals surface area contributed by atoms with Crippen LogP contribution in [0.15, 0.2) is 18.2 Å². The highest BCUT2D eigenvalue weighted by atomic mass is 35.5. The van der Waals surface area contributed by atoms with E-state index in [-0.39, 0.29) is 18.6 Å². The molecule has 1 amide bonds. The summed E-state index contributed by atoms with van der Waals surface area (Å²) in [7, 11) is 0. The monoisotopic (exact) mass is 254 g/mol. The normalized spacial score (nSPS) is 19.6. The number of hydrogen-bond donors (Lipinski definition) is 2. The minimum Gasteiger partial charge on any atom is -0.392 e. The van der Waals surface area contributed by atoms with Crippen LogP contribution in [0.5, 0.6) is 0 Å². The molecule has 0 saturated carbocycles. The summed E-state index contributed by atoms with van der Waals surface area (Å²) in [5.74, 6) is -0.327. The summed E-state index contributed by atoms with van der Waals surface area (Å²) < 4.78 is 0. The molecule has 1 aliphatic rings. The molecule has 3 N–H and O–H groups in total. The fourth-order valence-electron chi connectivity index (χ4n) is 2.29. The minimum absolute atomic E-state index is 0.0749. The van der Waals surface area contributed by atoms with E-state index in [0.29, 0.717) is 5.02 Å². The molecule has 0 spiro atoms. The van der Waals surface area contributed by atoms with Gasteiger partial charge in [0.15, 0.2) is 0 Å². The Morgan fingerprint density at radius 3 is 3.00 bits per heavy atom. The summed E-state index contributed by atoms with van der Waals surface area (Å²) >= 11 is 5.96. The molecule has 1 heterocycles. The van der Waals surface area contributed by atoms with E-state index in [0.717, 1.165) is 30.6 Å². The van der Waals surface area contributed by atoms with Gasteiger partial charge in [-0.1, -0.05) is 17.7 Å². The summed E-state index contributed by atoms with van der Waals surface area (Å²) in [6.45, 7) is 0.690. The topological polar surface area (TPSA) is 66.6 Å². The third kappa shape index (κ3) is 2.37. The highest BCUT2D eigenvalue weighted by Gasteiger charge is 2.30. The van der Waals surface area contributed by atoms with Gasteiger partial charge in [0.1, 0.15) is 6.04 Å². The molecule has 4 nitrogen and oxygen atoms in total. The number of amides is 1. The number of aliphatic hydroxyl groups excluding tert-OH is 1. The van der Waals surface area contributed by atoms with Crippen molar-refractivity contribution < 1.29 is 9.90 Å². The third-order valence-electron chi connectivity index (χ3n) is 3.11. The number of nitrogens with zero attached hydrogens (tertiary/aromatic N) is 1. The van der Waals surface area contributed by atoms with Crippen molar-refractivity contribution in [3.05, 3.63) is 28.8 Å². The van der Waals surface area contributed by atoms with E-state index in [9.17, 15) is 9.90 Å². The Kier molecular flexibility index (Phi) is 3.54. The molecule has 92 valence electrons. The van der Waals surface area contributed by atoms with Gasteiger partial charge in [-0.25, -0.2) is 0 Å². The molecule has 0 aromatic heterocycles. The van der Waals surface area contributed by atoms with Gasteiger partial charge in [-0.3, -0.25) is 4.79 Å². The van der Waals surface area contributed by atoms with Crippen molar-refractivity contribution in [2.24, 2.45) is 5.73 Å². The van der Waals surface area contributed by atoms with Gasteiger partial charge in [0, 0.05) is 22.8 Å². The van der Waals surface area contributed by atoms with Crippen molar-refractivity contribution in [1.29, 1.82) is 0 Å². The van der Waals surface area contributed by atoms with E-state index in [2.05, 4.69) is 0 Å². The van der Waals surface area contributed by atoms with Crippen LogP contribution < -0.4 is 10.6 Å². The zero-order valence-corrected chi connectivity index (χ0v) is 10.2. The van der Waals surface area contributed by atoms with Gasteiger partial charge in [-0.15, -0.1) is 0 Å². The molecular weight excluding hydrogens is 240 g/mol. The second-order valence-electron chi connectivity index (χ2n) is 4.18. The van der Waals surface area contributed by atoms with Gasteiger partial charge in [0.2, 0.25) is 5.91 Å². The van der Waals surface area contributed by atoms with Crippen LogP contribution in [-0.4, -0.2) is 23.6 Å². The number of carbonyl (C=O) groups excluding carboxylic acids is 1. The van der Waals surface area contributed by atoms with Crippen LogP contribution >= 0.6 is 11.6 Å². The Morgan fingerprint density at radius 1 is 1.59 bits per heavy atom. The number of hydrogen-bond acceptors (Lipinski definition) is 3. The molecule has 0 bridgehead atoms. The lowest BCUT2D eigenvalue weighted by molar-refractivity contribution is -0.119. The van der Waals surface area contributed by atoms with Crippen molar-refractivity contribution >= 4 is 23.2 Å². The Hall–Kier alpha value is -1.26. The largest absolute Gasteiger partial charge is 0.392 e. The molecule has 1 aliphatic heterocycles. The second kappa shape index (κ2) is 4.94. The Bertz CT molecular complexity index is 437. The summed E-state index contributed by atoms with van der Waals surface area (Å²) in [6.07, 6.45) is 1.68. The Morgan fingerprint density at radius 2 is 2.35 bits per heavy atom. The average molecular weight is 255 g/mol. The lowest BCUT2D eigenvalue weighted by Crippen LogP contribution is -2.40. The molecule has 2 rings (SSSR count). The highest BCUT2D eigenvalue weighted by molar-refractivity contribution is 6.30. The van der Waals surface area contributed by atoms with Gasteiger partial charge in [-0.05, 0) is 25.0 Å². The summed E-state index contributed by atoms with van der Waals surface area (Å²) in [5.41, 5.74) is 6.95. The van der Waals surface area contributed by atoms with Crippen LogP contribution in [0.25, 0.3) is 0 Å². The highest BCUT2D eigenvalue weighted by Crippen LogP contribution is 2.31. The molecule has 1 saturated heterocycles. The van der Waals surface area contributed by atoms with E-state index in [1.807, 2.05) is 4.90 Å². The molecule has 1 aromatic carbocycles. The van der Waals surface area contributed by atoms with E-state index >= 15 is 0 Å². The predicted molar refractivity (Wildman–Crippen MR) is 66.9 cm³/mol. The first-order valence-electron chi connectivity index (χ1n) is 5.58. The number of primary amides is 1. The molecule has 5 heteroatoms. The number of carbonyl (C=O) groups is 1. The summed E-state index contributed by atoms with van der Waals surface area (Å²) in [4.78, 5) is 13.3. The first-order valence-corrected chi connectivity index (χ1v) is 5.96. The maximum Gasteiger partial charge on any atom is 0.240 e. The van der Waals surface area contributed by atoms with E-state index < -0.39 is 0 Å². The van der Waals surface area contributed by atoms with E-state index in [1.165, 1.54) is 0 Å².